The second-order valence-corrected chi connectivity index (χ2v) is 9.06. The van der Waals surface area contributed by atoms with Crippen LogP contribution in [-0.4, -0.2) is 19.7 Å². The van der Waals surface area contributed by atoms with Crippen LogP contribution in [0.1, 0.15) is 49.3 Å². The third kappa shape index (κ3) is 3.64. The second kappa shape index (κ2) is 8.01. The Morgan fingerprint density at radius 2 is 1.81 bits per heavy atom. The molecule has 1 aliphatic heterocycles. The first kappa shape index (κ1) is 20.6. The van der Waals surface area contributed by atoms with Gasteiger partial charge in [-0.15, -0.1) is 0 Å². The van der Waals surface area contributed by atoms with Crippen LogP contribution in [0.3, 0.4) is 0 Å². The zero-order chi connectivity index (χ0) is 22.3. The molecular formula is C28H28O4. The summed E-state index contributed by atoms with van der Waals surface area (Å²) in [7, 11) is 1.69. The van der Waals surface area contributed by atoms with E-state index < -0.39 is 5.41 Å². The molecular weight excluding hydrogens is 400 g/mol. The molecule has 0 N–H and O–H groups in total. The SMILES string of the molecule is COc1ccc(CC(=O)C2(c3ccc4c(c3)OCO4)CC2)cc1-c1cccc(C(C)C)c1. The van der Waals surface area contributed by atoms with Crippen molar-refractivity contribution in [2.24, 2.45) is 0 Å². The fourth-order valence-corrected chi connectivity index (χ4v) is 4.56. The maximum Gasteiger partial charge on any atom is 0.231 e. The molecule has 2 aliphatic rings. The summed E-state index contributed by atoms with van der Waals surface area (Å²) in [6.45, 7) is 4.62. The van der Waals surface area contributed by atoms with E-state index in [2.05, 4.69) is 44.2 Å². The van der Waals surface area contributed by atoms with Crippen molar-refractivity contribution in [1.82, 2.24) is 0 Å². The predicted molar refractivity (Wildman–Crippen MR) is 125 cm³/mol. The van der Waals surface area contributed by atoms with Gasteiger partial charge in [-0.05, 0) is 65.3 Å². The maximum atomic E-state index is 13.4. The summed E-state index contributed by atoms with van der Waals surface area (Å²) in [5.74, 6) is 3.00. The molecule has 0 atom stereocenters. The van der Waals surface area contributed by atoms with Crippen LogP contribution in [0.25, 0.3) is 11.1 Å². The van der Waals surface area contributed by atoms with E-state index in [0.717, 1.165) is 52.3 Å². The molecule has 3 aromatic carbocycles. The predicted octanol–water partition coefficient (Wildman–Crippen LogP) is 6.06. The minimum Gasteiger partial charge on any atom is -0.496 e. The van der Waals surface area contributed by atoms with Gasteiger partial charge in [-0.25, -0.2) is 0 Å². The molecule has 0 unspecified atom stereocenters. The number of methoxy groups -OCH3 is 1. The number of ketones is 1. The summed E-state index contributed by atoms with van der Waals surface area (Å²) in [5, 5.41) is 0. The molecule has 4 heteroatoms. The highest BCUT2D eigenvalue weighted by molar-refractivity contribution is 5.95. The van der Waals surface area contributed by atoms with Crippen molar-refractivity contribution in [3.63, 3.8) is 0 Å². The van der Waals surface area contributed by atoms with E-state index in [1.807, 2.05) is 30.3 Å². The Balaban J connectivity index is 1.43. The molecule has 0 spiro atoms. The molecule has 5 rings (SSSR count). The lowest BCUT2D eigenvalue weighted by Gasteiger charge is -2.17. The van der Waals surface area contributed by atoms with Crippen molar-refractivity contribution in [2.75, 3.05) is 13.9 Å². The van der Waals surface area contributed by atoms with Gasteiger partial charge in [-0.2, -0.15) is 0 Å². The topological polar surface area (TPSA) is 44.8 Å². The quantitative estimate of drug-likeness (QED) is 0.459. The van der Waals surface area contributed by atoms with Gasteiger partial charge >= 0.3 is 0 Å². The Bertz CT molecular complexity index is 1170. The van der Waals surface area contributed by atoms with Gasteiger partial charge in [-0.1, -0.05) is 50.2 Å². The summed E-state index contributed by atoms with van der Waals surface area (Å²) in [4.78, 5) is 13.4. The molecule has 3 aromatic rings. The highest BCUT2D eigenvalue weighted by atomic mass is 16.7. The molecule has 1 saturated carbocycles. The Morgan fingerprint density at radius 1 is 1.00 bits per heavy atom. The van der Waals surface area contributed by atoms with Crippen molar-refractivity contribution < 1.29 is 19.0 Å². The lowest BCUT2D eigenvalue weighted by atomic mass is 9.87. The average Bonchev–Trinajstić information content (AvgIpc) is 3.50. The van der Waals surface area contributed by atoms with Crippen molar-refractivity contribution in [3.05, 3.63) is 77.4 Å². The summed E-state index contributed by atoms with van der Waals surface area (Å²) < 4.78 is 16.6. The summed E-state index contributed by atoms with van der Waals surface area (Å²) in [5.41, 5.74) is 5.05. The zero-order valence-electron chi connectivity index (χ0n) is 18.8. The van der Waals surface area contributed by atoms with E-state index >= 15 is 0 Å². The van der Waals surface area contributed by atoms with Gasteiger partial charge in [-0.3, -0.25) is 4.79 Å². The highest BCUT2D eigenvalue weighted by Gasteiger charge is 2.50. The fraction of sp³-hybridized carbons (Fsp3) is 0.321. The molecule has 0 radical (unpaired) electrons. The summed E-state index contributed by atoms with van der Waals surface area (Å²) in [6, 6.07) is 20.5. The number of Topliss-reactive ketones (excluding diaryl/α,β-unsaturated/α-hetero) is 1. The highest BCUT2D eigenvalue weighted by Crippen LogP contribution is 2.51. The number of ether oxygens (including phenoxy) is 3. The Kier molecular flexibility index (Phi) is 5.16. The minimum atomic E-state index is -0.404. The van der Waals surface area contributed by atoms with Gasteiger partial charge < -0.3 is 14.2 Å². The summed E-state index contributed by atoms with van der Waals surface area (Å²) in [6.07, 6.45) is 2.16. The minimum absolute atomic E-state index is 0.242. The van der Waals surface area contributed by atoms with Crippen molar-refractivity contribution in [3.8, 4) is 28.4 Å². The normalized spacial score (nSPS) is 15.6. The number of hydrogen-bond donors (Lipinski definition) is 0. The van der Waals surface area contributed by atoms with Crippen LogP contribution in [0.4, 0.5) is 0 Å². The van der Waals surface area contributed by atoms with Crippen molar-refractivity contribution >= 4 is 5.78 Å². The van der Waals surface area contributed by atoms with Gasteiger partial charge in [0.2, 0.25) is 6.79 Å². The van der Waals surface area contributed by atoms with Crippen LogP contribution < -0.4 is 14.2 Å². The standard InChI is InChI=1S/C28H28O4/c1-18(2)20-5-4-6-21(15-20)23-13-19(7-9-24(23)30-3)14-27(29)28(11-12-28)22-8-10-25-26(16-22)32-17-31-25/h4-10,13,15-16,18H,11-12,14,17H2,1-3H3. The van der Waals surface area contributed by atoms with E-state index in [1.54, 1.807) is 7.11 Å². The number of rotatable bonds is 7. The van der Waals surface area contributed by atoms with Crippen LogP contribution in [0.15, 0.2) is 60.7 Å². The maximum absolute atomic E-state index is 13.4. The van der Waals surface area contributed by atoms with Gasteiger partial charge in [0.05, 0.1) is 12.5 Å². The van der Waals surface area contributed by atoms with Crippen molar-refractivity contribution in [2.45, 2.75) is 44.4 Å². The van der Waals surface area contributed by atoms with Crippen LogP contribution in [0.5, 0.6) is 17.2 Å². The van der Waals surface area contributed by atoms with E-state index in [0.29, 0.717) is 12.3 Å². The molecule has 164 valence electrons. The first-order valence-corrected chi connectivity index (χ1v) is 11.2. The average molecular weight is 429 g/mol. The van der Waals surface area contributed by atoms with Crippen LogP contribution >= 0.6 is 0 Å². The zero-order valence-corrected chi connectivity index (χ0v) is 18.8. The van der Waals surface area contributed by atoms with Gasteiger partial charge in [0, 0.05) is 12.0 Å². The molecule has 0 saturated heterocycles. The van der Waals surface area contributed by atoms with Gasteiger partial charge in [0.1, 0.15) is 11.5 Å². The number of carbonyl (C=O) groups excluding carboxylic acids is 1. The molecule has 32 heavy (non-hydrogen) atoms. The molecule has 0 amide bonds. The Labute approximate surface area is 189 Å². The largest absolute Gasteiger partial charge is 0.496 e. The van der Waals surface area contributed by atoms with E-state index in [4.69, 9.17) is 14.2 Å². The van der Waals surface area contributed by atoms with E-state index in [1.165, 1.54) is 5.56 Å². The number of carbonyl (C=O) groups is 1. The van der Waals surface area contributed by atoms with Gasteiger partial charge in [0.15, 0.2) is 11.5 Å². The Morgan fingerprint density at radius 3 is 2.56 bits per heavy atom. The number of hydrogen-bond acceptors (Lipinski definition) is 4. The summed E-state index contributed by atoms with van der Waals surface area (Å²) >= 11 is 0. The van der Waals surface area contributed by atoms with Crippen LogP contribution in [0, 0.1) is 0 Å². The first-order valence-electron chi connectivity index (χ1n) is 11.2. The molecule has 0 aromatic heterocycles. The third-order valence-corrected chi connectivity index (χ3v) is 6.70. The fourth-order valence-electron chi connectivity index (χ4n) is 4.56. The van der Waals surface area contributed by atoms with Crippen LogP contribution in [0.2, 0.25) is 0 Å². The van der Waals surface area contributed by atoms with Gasteiger partial charge in [0.25, 0.3) is 0 Å². The Hall–Kier alpha value is -3.27. The first-order chi connectivity index (χ1) is 15.5. The molecule has 0 bridgehead atoms. The smallest absolute Gasteiger partial charge is 0.231 e. The van der Waals surface area contributed by atoms with E-state index in [-0.39, 0.29) is 12.6 Å². The molecule has 1 aliphatic carbocycles. The molecule has 1 fully saturated rings. The third-order valence-electron chi connectivity index (χ3n) is 6.70. The second-order valence-electron chi connectivity index (χ2n) is 9.06. The molecule has 4 nitrogen and oxygen atoms in total. The van der Waals surface area contributed by atoms with E-state index in [9.17, 15) is 4.79 Å². The lowest BCUT2D eigenvalue weighted by molar-refractivity contribution is -0.120. The lowest BCUT2D eigenvalue weighted by Crippen LogP contribution is -2.22. The number of fused-ring (bicyclic) bond motifs is 1. The monoisotopic (exact) mass is 428 g/mol. The number of benzene rings is 3. The molecule has 1 heterocycles. The van der Waals surface area contributed by atoms with Crippen LogP contribution in [-0.2, 0) is 16.6 Å². The van der Waals surface area contributed by atoms with Crippen molar-refractivity contribution in [1.29, 1.82) is 0 Å².